The van der Waals surface area contributed by atoms with Crippen molar-refractivity contribution in [2.75, 3.05) is 5.32 Å². The van der Waals surface area contributed by atoms with E-state index >= 15 is 0 Å². The van der Waals surface area contributed by atoms with E-state index in [1.165, 1.54) is 25.1 Å². The lowest BCUT2D eigenvalue weighted by atomic mass is 9.99. The molecule has 0 unspecified atom stereocenters. The number of esters is 1. The number of amidine groups is 1. The lowest BCUT2D eigenvalue weighted by molar-refractivity contribution is -0.132. The molecule has 0 bridgehead atoms. The minimum absolute atomic E-state index is 0.0282. The zero-order valence-corrected chi connectivity index (χ0v) is 17.3. The number of carbonyl (C=O) groups excluding carboxylic acids is 3. The van der Waals surface area contributed by atoms with Crippen molar-refractivity contribution in [3.05, 3.63) is 23.8 Å². The maximum absolute atomic E-state index is 12.5. The summed E-state index contributed by atoms with van der Waals surface area (Å²) >= 11 is 1.20. The van der Waals surface area contributed by atoms with Crippen LogP contribution in [0.5, 0.6) is 5.75 Å². The van der Waals surface area contributed by atoms with Crippen LogP contribution in [0.25, 0.3) is 0 Å². The minimum atomic E-state index is -0.581. The van der Waals surface area contributed by atoms with Crippen molar-refractivity contribution in [2.24, 2.45) is 10.2 Å². The number of nitrogens with one attached hydrogen (secondary N) is 2. The number of ether oxygens (including phenoxy) is 1. The van der Waals surface area contributed by atoms with Crippen LogP contribution in [0.15, 0.2) is 28.4 Å². The second-order valence-electron chi connectivity index (χ2n) is 7.07. The molecule has 29 heavy (non-hydrogen) atoms. The van der Waals surface area contributed by atoms with E-state index < -0.39 is 11.2 Å². The Bertz CT molecular complexity index is 873. The number of amides is 2. The Balaban J connectivity index is 1.60. The van der Waals surface area contributed by atoms with Crippen molar-refractivity contribution in [2.45, 2.75) is 57.6 Å². The Kier molecular flexibility index (Phi) is 7.03. The number of thioether (sulfide) groups is 1. The van der Waals surface area contributed by atoms with Gasteiger partial charge in [-0.3, -0.25) is 14.4 Å². The highest BCUT2D eigenvalue weighted by Crippen LogP contribution is 2.28. The van der Waals surface area contributed by atoms with Crippen molar-refractivity contribution in [1.29, 1.82) is 0 Å². The molecule has 0 spiro atoms. The fourth-order valence-electron chi connectivity index (χ4n) is 3.12. The molecule has 1 heterocycles. The van der Waals surface area contributed by atoms with Crippen LogP contribution in [0, 0.1) is 6.92 Å². The van der Waals surface area contributed by atoms with E-state index in [0.717, 1.165) is 37.0 Å². The Morgan fingerprint density at radius 3 is 2.72 bits per heavy atom. The van der Waals surface area contributed by atoms with Crippen LogP contribution in [0.2, 0.25) is 0 Å². The summed E-state index contributed by atoms with van der Waals surface area (Å²) in [6.45, 7) is 3.16. The molecule has 9 heteroatoms. The molecule has 1 aromatic rings. The largest absolute Gasteiger partial charge is 0.424 e. The Morgan fingerprint density at radius 2 is 2.00 bits per heavy atom. The second kappa shape index (κ2) is 9.69. The van der Waals surface area contributed by atoms with E-state index in [0.29, 0.717) is 10.9 Å². The number of benzene rings is 1. The van der Waals surface area contributed by atoms with Crippen LogP contribution >= 0.6 is 11.8 Å². The number of hydrogen-bond donors (Lipinski definition) is 2. The summed E-state index contributed by atoms with van der Waals surface area (Å²) in [7, 11) is 0. The summed E-state index contributed by atoms with van der Waals surface area (Å²) in [5, 5.41) is 13.6. The maximum Gasteiger partial charge on any atom is 0.308 e. The highest BCUT2D eigenvalue weighted by Gasteiger charge is 2.32. The molecule has 1 aromatic carbocycles. The van der Waals surface area contributed by atoms with Crippen molar-refractivity contribution in [1.82, 2.24) is 5.32 Å². The smallest absolute Gasteiger partial charge is 0.308 e. The van der Waals surface area contributed by atoms with Crippen LogP contribution in [-0.2, 0) is 14.4 Å². The first kappa shape index (κ1) is 21.0. The number of hydrogen-bond acceptors (Lipinski definition) is 7. The van der Waals surface area contributed by atoms with Crippen molar-refractivity contribution < 1.29 is 19.1 Å². The topological polar surface area (TPSA) is 109 Å². The summed E-state index contributed by atoms with van der Waals surface area (Å²) in [5.41, 5.74) is 2.35. The van der Waals surface area contributed by atoms with E-state index in [1.807, 2.05) is 6.92 Å². The van der Waals surface area contributed by atoms with E-state index in [2.05, 4.69) is 20.8 Å². The third-order valence-electron chi connectivity index (χ3n) is 4.52. The van der Waals surface area contributed by atoms with Gasteiger partial charge in [0, 0.05) is 19.1 Å². The van der Waals surface area contributed by atoms with Gasteiger partial charge < -0.3 is 15.4 Å². The normalized spacial score (nSPS) is 20.3. The van der Waals surface area contributed by atoms with Gasteiger partial charge in [0.25, 0.3) is 0 Å². The van der Waals surface area contributed by atoms with Gasteiger partial charge in [0.05, 0.1) is 5.69 Å². The van der Waals surface area contributed by atoms with Gasteiger partial charge in [-0.15, -0.1) is 5.10 Å². The molecule has 2 aliphatic rings. The molecule has 1 aliphatic carbocycles. The number of carbonyl (C=O) groups is 3. The van der Waals surface area contributed by atoms with Crippen molar-refractivity contribution in [3.8, 4) is 5.75 Å². The molecule has 0 radical (unpaired) electrons. The summed E-state index contributed by atoms with van der Waals surface area (Å²) in [6, 6.07) is 5.12. The fourth-order valence-corrected chi connectivity index (χ4v) is 4.04. The van der Waals surface area contributed by atoms with E-state index in [-0.39, 0.29) is 24.0 Å². The lowest BCUT2D eigenvalue weighted by Crippen LogP contribution is -2.28. The van der Waals surface area contributed by atoms with Gasteiger partial charge in [0.15, 0.2) is 10.9 Å². The predicted octanol–water partition coefficient (Wildman–Crippen LogP) is 3.16. The standard InChI is InChI=1S/C20H24N4O4S/c1-12-8-9-16(28-13(2)25)15(10-12)21-18(26)11-17-19(27)22-20(29-17)24-23-14-6-4-3-5-7-14/h8-10,17H,3-7,11H2,1-2H3,(H,21,26)(H,22,24,27)/t17-/m0/s1. The van der Waals surface area contributed by atoms with E-state index in [1.54, 1.807) is 18.2 Å². The number of nitrogens with zero attached hydrogens (tertiary/aromatic N) is 2. The first-order valence-corrected chi connectivity index (χ1v) is 10.5. The summed E-state index contributed by atoms with van der Waals surface area (Å²) < 4.78 is 5.13. The van der Waals surface area contributed by atoms with Crippen molar-refractivity contribution in [3.63, 3.8) is 0 Å². The third-order valence-corrected chi connectivity index (χ3v) is 5.60. The Morgan fingerprint density at radius 1 is 1.24 bits per heavy atom. The second-order valence-corrected chi connectivity index (χ2v) is 8.26. The molecule has 2 fully saturated rings. The van der Waals surface area contributed by atoms with E-state index in [4.69, 9.17) is 4.74 Å². The van der Waals surface area contributed by atoms with Gasteiger partial charge in [0.2, 0.25) is 11.8 Å². The van der Waals surface area contributed by atoms with Gasteiger partial charge in [-0.05, 0) is 50.3 Å². The lowest BCUT2D eigenvalue weighted by Gasteiger charge is -2.12. The van der Waals surface area contributed by atoms with Crippen molar-refractivity contribution >= 4 is 46.1 Å². The number of aryl methyl sites for hydroxylation is 1. The molecule has 2 N–H and O–H groups in total. The van der Waals surface area contributed by atoms with Crippen LogP contribution in [0.1, 0.15) is 51.0 Å². The Labute approximate surface area is 173 Å². The maximum atomic E-state index is 12.5. The molecule has 8 nitrogen and oxygen atoms in total. The fraction of sp³-hybridized carbons (Fsp3) is 0.450. The van der Waals surface area contributed by atoms with Gasteiger partial charge in [-0.1, -0.05) is 24.2 Å². The zero-order valence-electron chi connectivity index (χ0n) is 16.5. The Hall–Kier alpha value is -2.68. The summed E-state index contributed by atoms with van der Waals surface area (Å²) in [6.07, 6.45) is 5.34. The molecule has 3 rings (SSSR count). The first-order chi connectivity index (χ1) is 13.9. The third kappa shape index (κ3) is 6.15. The highest BCUT2D eigenvalue weighted by molar-refractivity contribution is 8.15. The molecule has 1 saturated carbocycles. The molecule has 1 atom stereocenters. The number of rotatable bonds is 5. The van der Waals surface area contributed by atoms with Crippen LogP contribution in [0.3, 0.4) is 0 Å². The highest BCUT2D eigenvalue weighted by atomic mass is 32.2. The van der Waals surface area contributed by atoms with Gasteiger partial charge in [-0.2, -0.15) is 5.10 Å². The predicted molar refractivity (Wildman–Crippen MR) is 113 cm³/mol. The molecule has 1 aliphatic heterocycles. The molecule has 154 valence electrons. The minimum Gasteiger partial charge on any atom is -0.424 e. The monoisotopic (exact) mass is 416 g/mol. The van der Waals surface area contributed by atoms with Gasteiger partial charge >= 0.3 is 5.97 Å². The van der Waals surface area contributed by atoms with Gasteiger partial charge in [0.1, 0.15) is 5.25 Å². The molecule has 0 aromatic heterocycles. The van der Waals surface area contributed by atoms with Crippen LogP contribution < -0.4 is 15.4 Å². The zero-order chi connectivity index (χ0) is 20.8. The quantitative estimate of drug-likeness (QED) is 0.435. The molecule has 2 amide bonds. The molecular weight excluding hydrogens is 392 g/mol. The van der Waals surface area contributed by atoms with E-state index in [9.17, 15) is 14.4 Å². The average molecular weight is 417 g/mol. The molecule has 1 saturated heterocycles. The number of anilines is 1. The first-order valence-electron chi connectivity index (χ1n) is 9.60. The average Bonchev–Trinajstić information content (AvgIpc) is 3.02. The summed E-state index contributed by atoms with van der Waals surface area (Å²) in [5.74, 6) is -0.824. The van der Waals surface area contributed by atoms with Gasteiger partial charge in [-0.25, -0.2) is 0 Å². The molecular formula is C20H24N4O4S. The van der Waals surface area contributed by atoms with Crippen LogP contribution in [-0.4, -0.2) is 33.9 Å². The summed E-state index contributed by atoms with van der Waals surface area (Å²) in [4.78, 5) is 35.9. The van der Waals surface area contributed by atoms with Crippen LogP contribution in [0.4, 0.5) is 5.69 Å². The SMILES string of the molecule is CC(=O)Oc1ccc(C)cc1NC(=O)C[C@@H]1S/C(=N/N=C2CCCCC2)NC1=O.